The Morgan fingerprint density at radius 3 is 2.25 bits per heavy atom. The molecule has 0 bridgehead atoms. The van der Waals surface area contributed by atoms with Crippen LogP contribution in [-0.2, 0) is 14.8 Å². The first-order valence-corrected chi connectivity index (χ1v) is 11.9. The van der Waals surface area contributed by atoms with Crippen molar-refractivity contribution in [1.29, 1.82) is 0 Å². The van der Waals surface area contributed by atoms with Gasteiger partial charge in [0.2, 0.25) is 0 Å². The van der Waals surface area contributed by atoms with E-state index in [9.17, 15) is 13.2 Å². The lowest BCUT2D eigenvalue weighted by Gasteiger charge is -2.13. The summed E-state index contributed by atoms with van der Waals surface area (Å²) in [5, 5.41) is 2.85. The molecular formula is C23H23BrN2O5S. The number of halogens is 1. The summed E-state index contributed by atoms with van der Waals surface area (Å²) in [7, 11) is -2.28. The fraction of sp³-hybridized carbons (Fsp3) is 0.174. The Hall–Kier alpha value is -3.04. The highest BCUT2D eigenvalue weighted by molar-refractivity contribution is 9.10. The lowest BCUT2D eigenvalue weighted by atomic mass is 10.1. The van der Waals surface area contributed by atoms with Crippen molar-refractivity contribution in [3.05, 3.63) is 76.3 Å². The van der Waals surface area contributed by atoms with Crippen molar-refractivity contribution in [2.75, 3.05) is 23.8 Å². The highest BCUT2D eigenvalue weighted by Gasteiger charge is 2.15. The molecule has 9 heteroatoms. The van der Waals surface area contributed by atoms with E-state index in [2.05, 4.69) is 26.0 Å². The summed E-state index contributed by atoms with van der Waals surface area (Å²) in [5.41, 5.74) is 3.00. The molecule has 1 amide bonds. The van der Waals surface area contributed by atoms with Gasteiger partial charge in [0.25, 0.3) is 15.9 Å². The summed E-state index contributed by atoms with van der Waals surface area (Å²) in [4.78, 5) is 12.4. The van der Waals surface area contributed by atoms with Crippen LogP contribution in [0.3, 0.4) is 0 Å². The Bertz CT molecular complexity index is 1200. The van der Waals surface area contributed by atoms with Crippen LogP contribution in [0.25, 0.3) is 0 Å². The molecule has 0 heterocycles. The summed E-state index contributed by atoms with van der Waals surface area (Å²) < 4.78 is 39.3. The maximum atomic E-state index is 12.6. The number of ether oxygens (including phenoxy) is 2. The standard InChI is InChI=1S/C23H23BrN2O5S/c1-15-11-17(24)12-16(2)23(15)25-22(27)14-31-19-7-9-21(10-8-19)32(28,29)26-18-5-4-6-20(13-18)30-3/h4-13,26H,14H2,1-3H3,(H,25,27). The van der Waals surface area contributed by atoms with Crippen LogP contribution < -0.4 is 19.5 Å². The van der Waals surface area contributed by atoms with Crippen LogP contribution in [0, 0.1) is 13.8 Å². The van der Waals surface area contributed by atoms with Crippen LogP contribution in [0.5, 0.6) is 11.5 Å². The normalized spacial score (nSPS) is 11.0. The second-order valence-corrected chi connectivity index (χ2v) is 9.66. The molecule has 3 rings (SSSR count). The summed E-state index contributed by atoms with van der Waals surface area (Å²) in [6.07, 6.45) is 0. The van der Waals surface area contributed by atoms with Crippen molar-refractivity contribution in [3.8, 4) is 11.5 Å². The van der Waals surface area contributed by atoms with Crippen molar-refractivity contribution >= 4 is 43.2 Å². The number of anilines is 2. The number of sulfonamides is 1. The lowest BCUT2D eigenvalue weighted by molar-refractivity contribution is -0.118. The van der Waals surface area contributed by atoms with Gasteiger partial charge in [-0.15, -0.1) is 0 Å². The summed E-state index contributed by atoms with van der Waals surface area (Å²) in [6.45, 7) is 3.61. The molecule has 2 N–H and O–H groups in total. The first-order valence-electron chi connectivity index (χ1n) is 9.64. The molecule has 0 fully saturated rings. The second kappa shape index (κ2) is 10.1. The molecule has 0 atom stereocenters. The Morgan fingerprint density at radius 1 is 0.969 bits per heavy atom. The zero-order chi connectivity index (χ0) is 23.3. The van der Waals surface area contributed by atoms with Gasteiger partial charge in [-0.1, -0.05) is 22.0 Å². The van der Waals surface area contributed by atoms with Gasteiger partial charge in [-0.25, -0.2) is 8.42 Å². The van der Waals surface area contributed by atoms with E-state index in [4.69, 9.17) is 9.47 Å². The molecule has 0 aliphatic carbocycles. The van der Waals surface area contributed by atoms with Crippen LogP contribution in [0.4, 0.5) is 11.4 Å². The van der Waals surface area contributed by atoms with Gasteiger partial charge in [-0.2, -0.15) is 0 Å². The van der Waals surface area contributed by atoms with Crippen molar-refractivity contribution in [2.24, 2.45) is 0 Å². The average Bonchev–Trinajstić information content (AvgIpc) is 2.75. The third-order valence-electron chi connectivity index (χ3n) is 4.59. The number of nitrogens with one attached hydrogen (secondary N) is 2. The quantitative estimate of drug-likeness (QED) is 0.442. The van der Waals surface area contributed by atoms with Crippen molar-refractivity contribution in [1.82, 2.24) is 0 Å². The number of rotatable bonds is 8. The third kappa shape index (κ3) is 6.02. The Kier molecular flexibility index (Phi) is 7.42. The number of aryl methyl sites for hydroxylation is 2. The molecule has 0 saturated heterocycles. The molecule has 0 spiro atoms. The predicted octanol–water partition coefficient (Wildman–Crippen LogP) is 4.89. The van der Waals surface area contributed by atoms with Gasteiger partial charge in [0.05, 0.1) is 17.7 Å². The van der Waals surface area contributed by atoms with Crippen LogP contribution >= 0.6 is 15.9 Å². The van der Waals surface area contributed by atoms with E-state index in [0.29, 0.717) is 17.2 Å². The van der Waals surface area contributed by atoms with Crippen LogP contribution in [0.1, 0.15) is 11.1 Å². The zero-order valence-corrected chi connectivity index (χ0v) is 20.2. The van der Waals surface area contributed by atoms with Gasteiger partial charge in [0.15, 0.2) is 6.61 Å². The number of carbonyl (C=O) groups is 1. The van der Waals surface area contributed by atoms with Gasteiger partial charge in [-0.05, 0) is 73.5 Å². The van der Waals surface area contributed by atoms with E-state index in [1.165, 1.54) is 31.4 Å². The molecule has 0 unspecified atom stereocenters. The van der Waals surface area contributed by atoms with Gasteiger partial charge < -0.3 is 14.8 Å². The first kappa shape index (κ1) is 23.6. The molecule has 0 aliphatic heterocycles. The molecule has 168 valence electrons. The number of carbonyl (C=O) groups excluding carboxylic acids is 1. The molecule has 0 saturated carbocycles. The highest BCUT2D eigenvalue weighted by Crippen LogP contribution is 2.25. The maximum absolute atomic E-state index is 12.6. The van der Waals surface area contributed by atoms with Gasteiger partial charge in [0, 0.05) is 16.2 Å². The monoisotopic (exact) mass is 518 g/mol. The fourth-order valence-corrected chi connectivity index (χ4v) is 4.78. The minimum atomic E-state index is -3.78. The third-order valence-corrected chi connectivity index (χ3v) is 6.44. The maximum Gasteiger partial charge on any atom is 0.262 e. The molecule has 0 aliphatic rings. The summed E-state index contributed by atoms with van der Waals surface area (Å²) >= 11 is 3.43. The predicted molar refractivity (Wildman–Crippen MR) is 128 cm³/mol. The zero-order valence-electron chi connectivity index (χ0n) is 17.8. The summed E-state index contributed by atoms with van der Waals surface area (Å²) in [6, 6.07) is 16.3. The Morgan fingerprint density at radius 2 is 1.62 bits per heavy atom. The SMILES string of the molecule is COc1cccc(NS(=O)(=O)c2ccc(OCC(=O)Nc3c(C)cc(Br)cc3C)cc2)c1. The Balaban J connectivity index is 1.61. The highest BCUT2D eigenvalue weighted by atomic mass is 79.9. The van der Waals surface area contributed by atoms with Gasteiger partial charge >= 0.3 is 0 Å². The van der Waals surface area contributed by atoms with E-state index < -0.39 is 10.0 Å². The largest absolute Gasteiger partial charge is 0.497 e. The number of methoxy groups -OCH3 is 1. The molecule has 3 aromatic rings. The van der Waals surface area contributed by atoms with Gasteiger partial charge in [0.1, 0.15) is 11.5 Å². The number of hydrogen-bond acceptors (Lipinski definition) is 5. The number of hydrogen-bond donors (Lipinski definition) is 2. The van der Waals surface area contributed by atoms with Crippen LogP contribution in [0.2, 0.25) is 0 Å². The van der Waals surface area contributed by atoms with Crippen LogP contribution in [-0.4, -0.2) is 28.0 Å². The van der Waals surface area contributed by atoms with E-state index in [-0.39, 0.29) is 17.4 Å². The first-order chi connectivity index (χ1) is 15.2. The number of amides is 1. The van der Waals surface area contributed by atoms with Crippen molar-refractivity contribution < 1.29 is 22.7 Å². The van der Waals surface area contributed by atoms with Crippen molar-refractivity contribution in [2.45, 2.75) is 18.7 Å². The topological polar surface area (TPSA) is 93.7 Å². The van der Waals surface area contributed by atoms with E-state index in [0.717, 1.165) is 21.3 Å². The molecule has 3 aromatic carbocycles. The van der Waals surface area contributed by atoms with Crippen molar-refractivity contribution in [3.63, 3.8) is 0 Å². The van der Waals surface area contributed by atoms with Gasteiger partial charge in [-0.3, -0.25) is 9.52 Å². The van der Waals surface area contributed by atoms with Crippen LogP contribution in [0.15, 0.2) is 70.0 Å². The average molecular weight is 519 g/mol. The van der Waals surface area contributed by atoms with E-state index in [1.807, 2.05) is 26.0 Å². The van der Waals surface area contributed by atoms with E-state index >= 15 is 0 Å². The van der Waals surface area contributed by atoms with E-state index in [1.54, 1.807) is 24.3 Å². The lowest BCUT2D eigenvalue weighted by Crippen LogP contribution is -2.21. The molecule has 7 nitrogen and oxygen atoms in total. The minimum absolute atomic E-state index is 0.0678. The minimum Gasteiger partial charge on any atom is -0.497 e. The molecular weight excluding hydrogens is 496 g/mol. The Labute approximate surface area is 195 Å². The second-order valence-electron chi connectivity index (χ2n) is 7.06. The fourth-order valence-electron chi connectivity index (χ4n) is 3.05. The molecule has 32 heavy (non-hydrogen) atoms. The number of benzene rings is 3. The summed E-state index contributed by atoms with van der Waals surface area (Å²) in [5.74, 6) is 0.611. The molecule has 0 radical (unpaired) electrons. The smallest absolute Gasteiger partial charge is 0.262 e. The molecule has 0 aromatic heterocycles.